The van der Waals surface area contributed by atoms with Crippen LogP contribution in [0, 0.1) is 0 Å². The summed E-state index contributed by atoms with van der Waals surface area (Å²) in [5.74, 6) is 0. The van der Waals surface area contributed by atoms with Gasteiger partial charge in [0.05, 0.1) is 28.7 Å². The second-order valence-corrected chi connectivity index (χ2v) is 7.78. The Hall–Kier alpha value is -3.12. The fourth-order valence-corrected chi connectivity index (χ4v) is 4.05. The number of hydrogen-bond acceptors (Lipinski definition) is 3. The Morgan fingerprint density at radius 1 is 0.900 bits per heavy atom. The van der Waals surface area contributed by atoms with Gasteiger partial charge in [0.15, 0.2) is 0 Å². The van der Waals surface area contributed by atoms with E-state index in [4.69, 9.17) is 4.98 Å². The second kappa shape index (κ2) is 8.32. The summed E-state index contributed by atoms with van der Waals surface area (Å²) < 4.78 is 5.91. The van der Waals surface area contributed by atoms with E-state index in [0.717, 1.165) is 46.6 Å². The van der Waals surface area contributed by atoms with E-state index in [1.165, 1.54) is 0 Å². The molecule has 6 heteroatoms. The maximum Gasteiger partial charge on any atom is 0.329 e. The summed E-state index contributed by atoms with van der Waals surface area (Å²) in [6.07, 6.45) is 1.93. The van der Waals surface area contributed by atoms with E-state index in [0.29, 0.717) is 13.1 Å². The lowest BCUT2D eigenvalue weighted by atomic mass is 10.0. The maximum absolute atomic E-state index is 12.8. The summed E-state index contributed by atoms with van der Waals surface area (Å²) in [6.45, 7) is 7.11. The topological polar surface area (TPSA) is 48.0 Å². The lowest BCUT2D eigenvalue weighted by Gasteiger charge is -2.14. The fourth-order valence-electron chi connectivity index (χ4n) is 4.05. The highest BCUT2D eigenvalue weighted by Crippen LogP contribution is 2.33. The van der Waals surface area contributed by atoms with Gasteiger partial charge < -0.3 is 9.47 Å². The molecule has 4 aromatic rings. The Morgan fingerprint density at radius 3 is 2.27 bits per heavy atom. The van der Waals surface area contributed by atoms with Crippen LogP contribution in [-0.2, 0) is 19.6 Å². The Labute approximate surface area is 177 Å². The fraction of sp³-hybridized carbons (Fsp3) is 0.333. The van der Waals surface area contributed by atoms with E-state index in [1.807, 2.05) is 47.5 Å². The van der Waals surface area contributed by atoms with Gasteiger partial charge in [0, 0.05) is 37.3 Å². The van der Waals surface area contributed by atoms with Gasteiger partial charge in [-0.25, -0.2) is 9.78 Å². The average molecular weight is 404 g/mol. The van der Waals surface area contributed by atoms with Crippen molar-refractivity contribution in [2.45, 2.75) is 33.5 Å². The first-order chi connectivity index (χ1) is 14.5. The van der Waals surface area contributed by atoms with Crippen LogP contribution in [0.2, 0.25) is 0 Å². The molecule has 0 unspecified atom stereocenters. The highest BCUT2D eigenvalue weighted by Gasteiger charge is 2.18. The van der Waals surface area contributed by atoms with Gasteiger partial charge in [0.2, 0.25) is 0 Å². The van der Waals surface area contributed by atoms with Gasteiger partial charge in [-0.2, -0.15) is 0 Å². The molecule has 0 bridgehead atoms. The largest absolute Gasteiger partial charge is 0.329 e. The molecule has 30 heavy (non-hydrogen) atoms. The van der Waals surface area contributed by atoms with Crippen LogP contribution >= 0.6 is 0 Å². The third-order valence-electron chi connectivity index (χ3n) is 5.60. The summed E-state index contributed by atoms with van der Waals surface area (Å²) >= 11 is 0. The highest BCUT2D eigenvalue weighted by atomic mass is 16.1. The molecule has 0 saturated carbocycles. The Kier molecular flexibility index (Phi) is 5.59. The third kappa shape index (κ3) is 3.48. The van der Waals surface area contributed by atoms with Crippen molar-refractivity contribution in [3.63, 3.8) is 0 Å². The number of hydrogen-bond donors (Lipinski definition) is 0. The molecule has 0 aliphatic carbocycles. The summed E-state index contributed by atoms with van der Waals surface area (Å²) in [5.41, 5.74) is 6.23. The summed E-state index contributed by atoms with van der Waals surface area (Å²) in [7, 11) is 4.16. The summed E-state index contributed by atoms with van der Waals surface area (Å²) in [4.78, 5) is 19.7. The predicted octanol–water partition coefficient (Wildman–Crippen LogP) is 3.93. The highest BCUT2D eigenvalue weighted by molar-refractivity contribution is 5.86. The Balaban J connectivity index is 1.93. The lowest BCUT2D eigenvalue weighted by Crippen LogP contribution is -2.23. The molecule has 0 radical (unpaired) electrons. The normalized spacial score (nSPS) is 11.6. The second-order valence-electron chi connectivity index (χ2n) is 7.78. The van der Waals surface area contributed by atoms with Crippen LogP contribution in [0.5, 0.6) is 0 Å². The van der Waals surface area contributed by atoms with Crippen molar-refractivity contribution in [2.75, 3.05) is 20.6 Å². The van der Waals surface area contributed by atoms with Gasteiger partial charge in [-0.3, -0.25) is 9.13 Å². The van der Waals surface area contributed by atoms with Gasteiger partial charge >= 0.3 is 5.69 Å². The molecule has 4 rings (SSSR count). The molecule has 6 nitrogen and oxygen atoms in total. The molecule has 0 aliphatic rings. The smallest absolute Gasteiger partial charge is 0.329 e. The zero-order valence-corrected chi connectivity index (χ0v) is 18.2. The quantitative estimate of drug-likeness (QED) is 0.470. The molecule has 0 aliphatic heterocycles. The molecule has 2 aromatic heterocycles. The number of nitrogens with zero attached hydrogens (tertiary/aromatic N) is 5. The SMILES string of the molecule is CCn1c(=O)n(CC)c2cc(-c3c(-c4ccccc4)ncn3CCN(C)C)ccc21. The minimum absolute atomic E-state index is 0.0524. The van der Waals surface area contributed by atoms with Gasteiger partial charge in [-0.05, 0) is 40.1 Å². The summed E-state index contributed by atoms with van der Waals surface area (Å²) in [5, 5.41) is 0. The zero-order chi connectivity index (χ0) is 21.3. The molecule has 0 saturated heterocycles. The first-order valence-corrected chi connectivity index (χ1v) is 10.5. The Morgan fingerprint density at radius 2 is 1.60 bits per heavy atom. The molecular weight excluding hydrogens is 374 g/mol. The average Bonchev–Trinajstić information content (AvgIpc) is 3.30. The maximum atomic E-state index is 12.8. The van der Waals surface area contributed by atoms with Crippen LogP contribution in [0.25, 0.3) is 33.5 Å². The molecule has 2 heterocycles. The van der Waals surface area contributed by atoms with E-state index >= 15 is 0 Å². The van der Waals surface area contributed by atoms with Gasteiger partial charge in [-0.1, -0.05) is 36.4 Å². The van der Waals surface area contributed by atoms with Crippen LogP contribution in [0.1, 0.15) is 13.8 Å². The predicted molar refractivity (Wildman–Crippen MR) is 123 cm³/mol. The minimum atomic E-state index is 0.0524. The van der Waals surface area contributed by atoms with Gasteiger partial charge in [0.1, 0.15) is 0 Å². The molecule has 0 amide bonds. The van der Waals surface area contributed by atoms with Crippen molar-refractivity contribution < 1.29 is 0 Å². The van der Waals surface area contributed by atoms with Crippen molar-refractivity contribution >= 4 is 11.0 Å². The van der Waals surface area contributed by atoms with E-state index in [1.54, 1.807) is 0 Å². The zero-order valence-electron chi connectivity index (χ0n) is 18.2. The number of benzene rings is 2. The van der Waals surface area contributed by atoms with Crippen LogP contribution in [0.3, 0.4) is 0 Å². The standard InChI is InChI=1S/C24H29N5O/c1-5-28-20-13-12-19(16-21(20)29(6-2)24(28)30)23-22(18-10-8-7-9-11-18)25-17-27(23)15-14-26(3)4/h7-13,16-17H,5-6,14-15H2,1-4H3. The number of aromatic nitrogens is 4. The Bertz CT molecular complexity index is 1210. The van der Waals surface area contributed by atoms with Gasteiger partial charge in [-0.15, -0.1) is 0 Å². The minimum Gasteiger partial charge on any atom is -0.329 e. The molecule has 0 spiro atoms. The number of fused-ring (bicyclic) bond motifs is 1. The number of likely N-dealkylation sites (N-methyl/N-ethyl adjacent to an activating group) is 1. The monoisotopic (exact) mass is 403 g/mol. The number of rotatable bonds is 7. The van der Waals surface area contributed by atoms with E-state index in [2.05, 4.69) is 53.9 Å². The molecule has 0 N–H and O–H groups in total. The van der Waals surface area contributed by atoms with Crippen molar-refractivity contribution in [3.8, 4) is 22.5 Å². The van der Waals surface area contributed by atoms with Crippen LogP contribution < -0.4 is 5.69 Å². The number of aryl methyl sites for hydroxylation is 2. The van der Waals surface area contributed by atoms with E-state index in [9.17, 15) is 4.79 Å². The molecule has 0 atom stereocenters. The van der Waals surface area contributed by atoms with E-state index in [-0.39, 0.29) is 5.69 Å². The molecular formula is C24H29N5O. The molecule has 156 valence electrons. The van der Waals surface area contributed by atoms with Crippen LogP contribution in [0.4, 0.5) is 0 Å². The van der Waals surface area contributed by atoms with Crippen molar-refractivity contribution in [2.24, 2.45) is 0 Å². The van der Waals surface area contributed by atoms with Gasteiger partial charge in [0.25, 0.3) is 0 Å². The van der Waals surface area contributed by atoms with Crippen molar-refractivity contribution in [1.82, 2.24) is 23.6 Å². The van der Waals surface area contributed by atoms with E-state index < -0.39 is 0 Å². The first kappa shape index (κ1) is 20.2. The summed E-state index contributed by atoms with van der Waals surface area (Å²) in [6, 6.07) is 16.6. The van der Waals surface area contributed by atoms with Crippen molar-refractivity contribution in [3.05, 3.63) is 65.3 Å². The molecule has 0 fully saturated rings. The van der Waals surface area contributed by atoms with Crippen LogP contribution in [-0.4, -0.2) is 44.2 Å². The third-order valence-corrected chi connectivity index (χ3v) is 5.60. The lowest BCUT2D eigenvalue weighted by molar-refractivity contribution is 0.385. The molecule has 2 aromatic carbocycles. The van der Waals surface area contributed by atoms with Crippen molar-refractivity contribution in [1.29, 1.82) is 0 Å². The number of imidazole rings is 2. The van der Waals surface area contributed by atoms with Crippen LogP contribution in [0.15, 0.2) is 59.7 Å². The first-order valence-electron chi connectivity index (χ1n) is 10.5.